The highest BCUT2D eigenvalue weighted by molar-refractivity contribution is 7.90. The first-order chi connectivity index (χ1) is 24.3. The molecule has 264 valence electrons. The highest BCUT2D eigenvalue weighted by Gasteiger charge is 2.44. The number of ether oxygens (including phenoxy) is 2. The summed E-state index contributed by atoms with van der Waals surface area (Å²) in [4.78, 5) is 58.6. The van der Waals surface area contributed by atoms with E-state index in [4.69, 9.17) is 9.47 Å². The molecule has 3 aromatic carbocycles. The minimum absolute atomic E-state index is 0.0697. The molecule has 14 heteroatoms. The van der Waals surface area contributed by atoms with Crippen molar-refractivity contribution in [1.82, 2.24) is 20.2 Å². The van der Waals surface area contributed by atoms with Crippen LogP contribution in [0.3, 0.4) is 0 Å². The molecule has 0 aliphatic carbocycles. The summed E-state index contributed by atoms with van der Waals surface area (Å²) in [6.45, 7) is 5.38. The van der Waals surface area contributed by atoms with Gasteiger partial charge in [0, 0.05) is 36.5 Å². The maximum Gasteiger partial charge on any atom is 0.262 e. The lowest BCUT2D eigenvalue weighted by atomic mass is 9.78. The predicted octanol–water partition coefficient (Wildman–Crippen LogP) is 4.07. The van der Waals surface area contributed by atoms with Gasteiger partial charge in [0.05, 0.1) is 23.4 Å². The second-order valence-corrected chi connectivity index (χ2v) is 14.8. The third-order valence-electron chi connectivity index (χ3n) is 8.92. The lowest BCUT2D eigenvalue weighted by Crippen LogP contribution is -2.54. The number of nitrogens with zero attached hydrogens (tertiary/aromatic N) is 3. The van der Waals surface area contributed by atoms with E-state index < -0.39 is 39.5 Å². The number of fused-ring (bicyclic) bond motifs is 1. The number of carbonyl (C=O) groups is 4. The van der Waals surface area contributed by atoms with Crippen LogP contribution < -0.4 is 20.1 Å². The van der Waals surface area contributed by atoms with Crippen LogP contribution in [0.1, 0.15) is 70.6 Å². The van der Waals surface area contributed by atoms with Crippen LogP contribution in [0.25, 0.3) is 0 Å². The number of anilines is 1. The Morgan fingerprint density at radius 3 is 2.18 bits per heavy atom. The molecular weight excluding hydrogens is 675 g/mol. The maximum atomic E-state index is 13.1. The van der Waals surface area contributed by atoms with Crippen molar-refractivity contribution < 1.29 is 37.1 Å². The van der Waals surface area contributed by atoms with Gasteiger partial charge in [0.1, 0.15) is 24.1 Å². The zero-order valence-electron chi connectivity index (χ0n) is 28.3. The third-order valence-corrected chi connectivity index (χ3v) is 9.78. The van der Waals surface area contributed by atoms with Gasteiger partial charge in [0.25, 0.3) is 11.8 Å². The average molecular weight is 712 g/mol. The van der Waals surface area contributed by atoms with E-state index in [9.17, 15) is 27.6 Å². The van der Waals surface area contributed by atoms with Crippen LogP contribution in [0.4, 0.5) is 5.69 Å². The SMILES string of the molecule is CC(C)(c1ccc(OCCCNc2ccc3c(c2)C(=O)N(C2CCC(=O)NC2=O)C3=O)cc1)c1ccc(OCc2ccnc(S(C)(=O)=O)n2)cc1. The fraction of sp³-hybridized carbons (Fsp3) is 0.297. The molecular formula is C37H37N5O8S. The van der Waals surface area contributed by atoms with Crippen LogP contribution in [0.15, 0.2) is 84.1 Å². The number of imide groups is 2. The molecule has 2 aliphatic heterocycles. The molecule has 1 fully saturated rings. The van der Waals surface area contributed by atoms with Crippen LogP contribution in [0, 0.1) is 0 Å². The summed E-state index contributed by atoms with van der Waals surface area (Å²) < 4.78 is 35.3. The lowest BCUT2D eigenvalue weighted by Gasteiger charge is -2.27. The third kappa shape index (κ3) is 7.75. The monoisotopic (exact) mass is 711 g/mol. The van der Waals surface area contributed by atoms with Crippen molar-refractivity contribution in [3.8, 4) is 11.5 Å². The molecule has 13 nitrogen and oxygen atoms in total. The molecule has 0 saturated carbocycles. The fourth-order valence-electron chi connectivity index (χ4n) is 5.97. The number of benzene rings is 3. The van der Waals surface area contributed by atoms with E-state index in [2.05, 4.69) is 34.4 Å². The van der Waals surface area contributed by atoms with E-state index in [0.29, 0.717) is 36.7 Å². The van der Waals surface area contributed by atoms with Crippen LogP contribution in [-0.2, 0) is 31.4 Å². The quantitative estimate of drug-likeness (QED) is 0.116. The molecule has 6 rings (SSSR count). The maximum absolute atomic E-state index is 13.1. The summed E-state index contributed by atoms with van der Waals surface area (Å²) in [6.07, 6.45) is 3.31. The minimum Gasteiger partial charge on any atom is -0.494 e. The van der Waals surface area contributed by atoms with Crippen molar-refractivity contribution in [2.75, 3.05) is 24.7 Å². The molecule has 0 radical (unpaired) electrons. The summed E-state index contributed by atoms with van der Waals surface area (Å²) in [6, 6.07) is 21.2. The number of nitrogens with one attached hydrogen (secondary N) is 2. The Labute approximate surface area is 295 Å². The second-order valence-electron chi connectivity index (χ2n) is 12.9. The van der Waals surface area contributed by atoms with E-state index >= 15 is 0 Å². The largest absolute Gasteiger partial charge is 0.494 e. The second kappa shape index (κ2) is 14.3. The molecule has 4 amide bonds. The molecule has 4 aromatic rings. The molecule has 1 unspecified atom stereocenters. The van der Waals surface area contributed by atoms with Crippen molar-refractivity contribution in [1.29, 1.82) is 0 Å². The highest BCUT2D eigenvalue weighted by Crippen LogP contribution is 2.34. The summed E-state index contributed by atoms with van der Waals surface area (Å²) >= 11 is 0. The molecule has 1 aromatic heterocycles. The van der Waals surface area contributed by atoms with Gasteiger partial charge < -0.3 is 14.8 Å². The lowest BCUT2D eigenvalue weighted by molar-refractivity contribution is -0.136. The van der Waals surface area contributed by atoms with Gasteiger partial charge in [-0.3, -0.25) is 29.4 Å². The molecule has 0 bridgehead atoms. The average Bonchev–Trinajstić information content (AvgIpc) is 3.35. The Kier molecular flexibility index (Phi) is 9.88. The van der Waals surface area contributed by atoms with E-state index in [-0.39, 0.29) is 41.1 Å². The van der Waals surface area contributed by atoms with Crippen molar-refractivity contribution in [2.24, 2.45) is 0 Å². The molecule has 1 atom stereocenters. The molecule has 1 saturated heterocycles. The van der Waals surface area contributed by atoms with Crippen molar-refractivity contribution in [3.63, 3.8) is 0 Å². The first-order valence-electron chi connectivity index (χ1n) is 16.4. The van der Waals surface area contributed by atoms with E-state index in [1.54, 1.807) is 24.3 Å². The summed E-state index contributed by atoms with van der Waals surface area (Å²) in [5.74, 6) is -0.770. The zero-order chi connectivity index (χ0) is 36.3. The zero-order valence-corrected chi connectivity index (χ0v) is 29.2. The van der Waals surface area contributed by atoms with E-state index in [1.807, 2.05) is 48.5 Å². The van der Waals surface area contributed by atoms with Gasteiger partial charge in [-0.15, -0.1) is 0 Å². The molecule has 51 heavy (non-hydrogen) atoms. The van der Waals surface area contributed by atoms with Crippen LogP contribution in [0.5, 0.6) is 11.5 Å². The number of rotatable bonds is 13. The van der Waals surface area contributed by atoms with Crippen molar-refractivity contribution in [3.05, 3.63) is 107 Å². The normalized spacial score (nSPS) is 16.1. The number of aromatic nitrogens is 2. The standard InChI is InChI=1S/C37H37N5O8S/c1-37(2,24-7-12-28(13-8-24)50-22-26-17-19-39-36(40-26)51(3,47)48)23-5-10-27(11-6-23)49-20-4-18-38-25-9-14-29-30(21-25)35(46)42(34(29)45)31-15-16-32(43)41-33(31)44/h5-14,17,19,21,31,38H,4,15-16,18,20,22H2,1-3H3,(H,41,43,44). The van der Waals surface area contributed by atoms with Gasteiger partial charge >= 0.3 is 0 Å². The smallest absolute Gasteiger partial charge is 0.262 e. The van der Waals surface area contributed by atoms with Gasteiger partial charge in [-0.1, -0.05) is 38.1 Å². The summed E-state index contributed by atoms with van der Waals surface area (Å²) in [5.41, 5.74) is 3.46. The van der Waals surface area contributed by atoms with E-state index in [0.717, 1.165) is 28.0 Å². The molecule has 3 heterocycles. The summed E-state index contributed by atoms with van der Waals surface area (Å²) in [7, 11) is -3.51. The topological polar surface area (TPSA) is 174 Å². The van der Waals surface area contributed by atoms with Gasteiger partial charge in [0.15, 0.2) is 0 Å². The first-order valence-corrected chi connectivity index (χ1v) is 18.3. The highest BCUT2D eigenvalue weighted by atomic mass is 32.2. The Hall–Kier alpha value is -5.63. The van der Waals surface area contributed by atoms with Crippen LogP contribution >= 0.6 is 0 Å². The Balaban J connectivity index is 0.967. The van der Waals surface area contributed by atoms with Crippen LogP contribution in [0.2, 0.25) is 0 Å². The van der Waals surface area contributed by atoms with Crippen molar-refractivity contribution >= 4 is 39.2 Å². The van der Waals surface area contributed by atoms with Gasteiger partial charge in [-0.05, 0) is 72.5 Å². The Morgan fingerprint density at radius 1 is 0.882 bits per heavy atom. The number of sulfone groups is 1. The minimum atomic E-state index is -3.51. The van der Waals surface area contributed by atoms with Crippen LogP contribution in [-0.4, -0.2) is 72.4 Å². The number of piperidine rings is 1. The number of hydrogen-bond acceptors (Lipinski definition) is 11. The Morgan fingerprint density at radius 2 is 1.53 bits per heavy atom. The molecule has 2 aliphatic rings. The molecule has 0 spiro atoms. The van der Waals surface area contributed by atoms with Gasteiger partial charge in [-0.2, -0.15) is 0 Å². The van der Waals surface area contributed by atoms with Crippen molar-refractivity contribution in [2.45, 2.75) is 56.3 Å². The Bertz CT molecular complexity index is 2100. The first kappa shape index (κ1) is 35.2. The summed E-state index contributed by atoms with van der Waals surface area (Å²) in [5, 5.41) is 5.22. The fourth-order valence-corrected chi connectivity index (χ4v) is 6.51. The van der Waals surface area contributed by atoms with Gasteiger partial charge in [-0.25, -0.2) is 18.4 Å². The van der Waals surface area contributed by atoms with E-state index in [1.165, 1.54) is 6.20 Å². The predicted molar refractivity (Wildman–Crippen MR) is 186 cm³/mol. The van der Waals surface area contributed by atoms with Gasteiger partial charge in [0.2, 0.25) is 26.8 Å². The molecule has 2 N–H and O–H groups in total. The number of hydrogen-bond donors (Lipinski definition) is 2. The number of carbonyl (C=O) groups excluding carboxylic acids is 4. The number of amides is 4.